The molecule has 1 saturated carbocycles. The molecule has 1 heterocycles. The smallest absolute Gasteiger partial charge is 0.0731 e. The molecule has 3 nitrogen and oxygen atoms in total. The fourth-order valence-corrected chi connectivity index (χ4v) is 3.75. The molecule has 2 N–H and O–H groups in total. The van der Waals surface area contributed by atoms with Crippen molar-refractivity contribution < 1.29 is 4.74 Å². The van der Waals surface area contributed by atoms with Gasteiger partial charge in [-0.05, 0) is 31.7 Å². The van der Waals surface area contributed by atoms with Gasteiger partial charge in [0.1, 0.15) is 0 Å². The van der Waals surface area contributed by atoms with E-state index in [2.05, 4.69) is 42.2 Å². The van der Waals surface area contributed by atoms with Crippen LogP contribution in [-0.2, 0) is 4.74 Å². The molecule has 2 fully saturated rings. The highest BCUT2D eigenvalue weighted by molar-refractivity contribution is 5.21. The quantitative estimate of drug-likeness (QED) is 0.906. The Hall–Kier alpha value is -0.900. The van der Waals surface area contributed by atoms with Crippen molar-refractivity contribution in [2.24, 2.45) is 5.73 Å². The maximum Gasteiger partial charge on any atom is 0.0731 e. The monoisotopic (exact) mass is 260 g/mol. The molecular formula is C16H24N2O. The summed E-state index contributed by atoms with van der Waals surface area (Å²) in [5.74, 6) is 0. The first-order chi connectivity index (χ1) is 9.27. The minimum absolute atomic E-state index is 0.141. The average molecular weight is 260 g/mol. The van der Waals surface area contributed by atoms with Gasteiger partial charge in [0.2, 0.25) is 0 Å². The Morgan fingerprint density at radius 1 is 1.26 bits per heavy atom. The molecular weight excluding hydrogens is 236 g/mol. The van der Waals surface area contributed by atoms with E-state index in [0.717, 1.165) is 13.2 Å². The largest absolute Gasteiger partial charge is 0.375 e. The first-order valence-corrected chi connectivity index (χ1v) is 7.45. The maximum absolute atomic E-state index is 6.30. The van der Waals surface area contributed by atoms with E-state index < -0.39 is 0 Å². The lowest BCUT2D eigenvalue weighted by molar-refractivity contribution is -0.0753. The van der Waals surface area contributed by atoms with Gasteiger partial charge in [-0.2, -0.15) is 0 Å². The van der Waals surface area contributed by atoms with Crippen LogP contribution in [0.3, 0.4) is 0 Å². The summed E-state index contributed by atoms with van der Waals surface area (Å²) in [6, 6.07) is 11.7. The van der Waals surface area contributed by atoms with Crippen molar-refractivity contribution >= 4 is 0 Å². The third-order valence-electron chi connectivity index (χ3n) is 4.52. The lowest BCUT2D eigenvalue weighted by Gasteiger charge is -2.44. The maximum atomic E-state index is 6.30. The molecule has 0 bridgehead atoms. The van der Waals surface area contributed by atoms with Crippen molar-refractivity contribution in [3.05, 3.63) is 35.9 Å². The number of hydrogen-bond acceptors (Lipinski definition) is 3. The van der Waals surface area contributed by atoms with E-state index in [9.17, 15) is 0 Å². The third-order valence-corrected chi connectivity index (χ3v) is 4.52. The van der Waals surface area contributed by atoms with Gasteiger partial charge in [-0.25, -0.2) is 0 Å². The van der Waals surface area contributed by atoms with Gasteiger partial charge in [-0.1, -0.05) is 30.3 Å². The number of morpholine rings is 1. The summed E-state index contributed by atoms with van der Waals surface area (Å²) in [5.41, 5.74) is 7.64. The lowest BCUT2D eigenvalue weighted by Crippen LogP contribution is -2.53. The second-order valence-electron chi connectivity index (χ2n) is 5.86. The predicted octanol–water partition coefficient (Wildman–Crippen LogP) is 2.33. The summed E-state index contributed by atoms with van der Waals surface area (Å²) >= 11 is 0. The highest BCUT2D eigenvalue weighted by atomic mass is 16.5. The number of nitrogens with zero attached hydrogens (tertiary/aromatic N) is 1. The van der Waals surface area contributed by atoms with Crippen LogP contribution in [0.25, 0.3) is 0 Å². The van der Waals surface area contributed by atoms with Crippen molar-refractivity contribution in [2.45, 2.75) is 50.4 Å². The molecule has 19 heavy (non-hydrogen) atoms. The van der Waals surface area contributed by atoms with Crippen LogP contribution in [0.5, 0.6) is 0 Å². The van der Waals surface area contributed by atoms with Crippen LogP contribution in [0.1, 0.15) is 37.8 Å². The molecule has 0 spiro atoms. The van der Waals surface area contributed by atoms with E-state index in [-0.39, 0.29) is 6.04 Å². The number of fused-ring (bicyclic) bond motifs is 1. The van der Waals surface area contributed by atoms with Gasteiger partial charge in [0.05, 0.1) is 18.8 Å². The topological polar surface area (TPSA) is 38.5 Å². The van der Waals surface area contributed by atoms with E-state index in [1.165, 1.54) is 24.8 Å². The van der Waals surface area contributed by atoms with Crippen molar-refractivity contribution in [3.8, 4) is 0 Å². The Balaban J connectivity index is 1.87. The number of hydrogen-bond donors (Lipinski definition) is 1. The normalized spacial score (nSPS) is 30.8. The molecule has 3 rings (SSSR count). The van der Waals surface area contributed by atoms with Crippen molar-refractivity contribution in [3.63, 3.8) is 0 Å². The van der Waals surface area contributed by atoms with Crippen LogP contribution in [0.15, 0.2) is 30.3 Å². The van der Waals surface area contributed by atoms with Gasteiger partial charge in [0.15, 0.2) is 0 Å². The number of benzene rings is 1. The van der Waals surface area contributed by atoms with Crippen LogP contribution in [0.4, 0.5) is 0 Å². The zero-order valence-electron chi connectivity index (χ0n) is 11.7. The number of ether oxygens (including phenoxy) is 1. The minimum Gasteiger partial charge on any atom is -0.375 e. The molecule has 1 aromatic rings. The van der Waals surface area contributed by atoms with E-state index in [4.69, 9.17) is 10.5 Å². The Morgan fingerprint density at radius 2 is 2.05 bits per heavy atom. The highest BCUT2D eigenvalue weighted by Gasteiger charge is 2.40. The van der Waals surface area contributed by atoms with Crippen LogP contribution in [-0.4, -0.2) is 36.2 Å². The minimum atomic E-state index is 0.141. The summed E-state index contributed by atoms with van der Waals surface area (Å²) in [7, 11) is 0. The standard InChI is InChI=1S/C16H24N2O/c1-12(17)16(13-6-3-2-4-7-13)18-10-11-19-15-9-5-8-14(15)18/h2-4,6-7,12,14-16H,5,8-11,17H2,1H3. The second kappa shape index (κ2) is 5.61. The van der Waals surface area contributed by atoms with Crippen molar-refractivity contribution in [1.29, 1.82) is 0 Å². The SMILES string of the molecule is CC(N)C(c1ccccc1)N1CCOC2CCCC21. The molecule has 1 aliphatic heterocycles. The highest BCUT2D eigenvalue weighted by Crippen LogP contribution is 2.36. The van der Waals surface area contributed by atoms with Crippen LogP contribution < -0.4 is 5.73 Å². The molecule has 1 aromatic carbocycles. The third kappa shape index (κ3) is 2.55. The van der Waals surface area contributed by atoms with Gasteiger partial charge in [-0.15, -0.1) is 0 Å². The average Bonchev–Trinajstić information content (AvgIpc) is 2.89. The zero-order chi connectivity index (χ0) is 13.2. The Labute approximate surface area is 115 Å². The summed E-state index contributed by atoms with van der Waals surface area (Å²) in [6.07, 6.45) is 4.17. The van der Waals surface area contributed by atoms with Gasteiger partial charge in [0, 0.05) is 18.6 Å². The zero-order valence-corrected chi connectivity index (χ0v) is 11.7. The van der Waals surface area contributed by atoms with E-state index in [1.54, 1.807) is 0 Å². The van der Waals surface area contributed by atoms with E-state index in [1.807, 2.05) is 0 Å². The summed E-state index contributed by atoms with van der Waals surface area (Å²) in [5, 5.41) is 0. The van der Waals surface area contributed by atoms with Crippen LogP contribution in [0, 0.1) is 0 Å². The van der Waals surface area contributed by atoms with Gasteiger partial charge in [0.25, 0.3) is 0 Å². The molecule has 0 radical (unpaired) electrons. The summed E-state index contributed by atoms with van der Waals surface area (Å²) in [6.45, 7) is 3.97. The van der Waals surface area contributed by atoms with Gasteiger partial charge >= 0.3 is 0 Å². The molecule has 1 saturated heterocycles. The molecule has 2 aliphatic rings. The van der Waals surface area contributed by atoms with E-state index >= 15 is 0 Å². The fraction of sp³-hybridized carbons (Fsp3) is 0.625. The number of nitrogens with two attached hydrogens (primary N) is 1. The Bertz CT molecular complexity index is 406. The molecule has 4 atom stereocenters. The molecule has 1 aliphatic carbocycles. The molecule has 4 unspecified atom stereocenters. The molecule has 3 heteroatoms. The lowest BCUT2D eigenvalue weighted by atomic mass is 9.96. The summed E-state index contributed by atoms with van der Waals surface area (Å²) < 4.78 is 5.92. The Morgan fingerprint density at radius 3 is 2.79 bits per heavy atom. The van der Waals surface area contributed by atoms with Crippen molar-refractivity contribution in [1.82, 2.24) is 4.90 Å². The van der Waals surface area contributed by atoms with E-state index in [0.29, 0.717) is 18.2 Å². The van der Waals surface area contributed by atoms with Crippen molar-refractivity contribution in [2.75, 3.05) is 13.2 Å². The molecule has 0 amide bonds. The van der Waals surface area contributed by atoms with Crippen LogP contribution >= 0.6 is 0 Å². The summed E-state index contributed by atoms with van der Waals surface area (Å²) in [4.78, 5) is 2.60. The second-order valence-corrected chi connectivity index (χ2v) is 5.86. The fourth-order valence-electron chi connectivity index (χ4n) is 3.75. The van der Waals surface area contributed by atoms with Gasteiger partial charge in [-0.3, -0.25) is 4.90 Å². The van der Waals surface area contributed by atoms with Crippen LogP contribution in [0.2, 0.25) is 0 Å². The molecule has 0 aromatic heterocycles. The molecule has 104 valence electrons. The Kier molecular flexibility index (Phi) is 3.87. The number of rotatable bonds is 3. The predicted molar refractivity (Wildman–Crippen MR) is 76.9 cm³/mol. The first kappa shape index (κ1) is 13.1. The van der Waals surface area contributed by atoms with Gasteiger partial charge < -0.3 is 10.5 Å². The first-order valence-electron chi connectivity index (χ1n) is 7.45.